The predicted octanol–water partition coefficient (Wildman–Crippen LogP) is 2.02. The quantitative estimate of drug-likeness (QED) is 0.867. The molecule has 1 saturated heterocycles. The molecule has 0 saturated carbocycles. The normalized spacial score (nSPS) is 18.0. The van der Waals surface area contributed by atoms with Crippen LogP contribution in [0.3, 0.4) is 0 Å². The fourth-order valence-corrected chi connectivity index (χ4v) is 2.70. The van der Waals surface area contributed by atoms with Crippen molar-refractivity contribution >= 4 is 5.91 Å². The highest BCUT2D eigenvalue weighted by molar-refractivity contribution is 5.93. The van der Waals surface area contributed by atoms with Crippen LogP contribution in [0, 0.1) is 6.92 Å². The van der Waals surface area contributed by atoms with Crippen LogP contribution in [0.5, 0.6) is 5.75 Å². The molecule has 0 spiro atoms. The predicted molar refractivity (Wildman–Crippen MR) is 79.3 cm³/mol. The van der Waals surface area contributed by atoms with E-state index in [0.29, 0.717) is 12.2 Å². The van der Waals surface area contributed by atoms with Gasteiger partial charge in [0.1, 0.15) is 17.5 Å². The Bertz CT molecular complexity index is 617. The maximum absolute atomic E-state index is 12.6. The lowest BCUT2D eigenvalue weighted by Crippen LogP contribution is -2.32. The van der Waals surface area contributed by atoms with Crippen LogP contribution in [0.4, 0.5) is 0 Å². The Morgan fingerprint density at radius 2 is 2.10 bits per heavy atom. The molecule has 5 heteroatoms. The second kappa shape index (κ2) is 5.60. The van der Waals surface area contributed by atoms with Crippen molar-refractivity contribution in [2.24, 2.45) is 7.05 Å². The summed E-state index contributed by atoms with van der Waals surface area (Å²) in [5, 5.41) is 0. The van der Waals surface area contributed by atoms with Gasteiger partial charge in [0.2, 0.25) is 0 Å². The van der Waals surface area contributed by atoms with Crippen molar-refractivity contribution in [1.29, 1.82) is 0 Å². The van der Waals surface area contributed by atoms with Gasteiger partial charge in [-0.1, -0.05) is 18.2 Å². The molecule has 1 aromatic carbocycles. The first-order valence-electron chi connectivity index (χ1n) is 7.14. The number of carbonyl (C=O) groups excluding carboxylic acids is 1. The molecule has 1 amide bonds. The zero-order chi connectivity index (χ0) is 14.8. The van der Waals surface area contributed by atoms with Crippen LogP contribution in [-0.2, 0) is 7.05 Å². The molecule has 1 aromatic heterocycles. The monoisotopic (exact) mass is 285 g/mol. The molecule has 1 aliphatic heterocycles. The lowest BCUT2D eigenvalue weighted by atomic mass is 10.3. The third kappa shape index (κ3) is 2.77. The molecule has 1 atom stereocenters. The lowest BCUT2D eigenvalue weighted by Gasteiger charge is -2.17. The number of aryl methyl sites for hydroxylation is 2. The number of imidazole rings is 1. The van der Waals surface area contributed by atoms with Gasteiger partial charge in [0.25, 0.3) is 5.91 Å². The largest absolute Gasteiger partial charge is 0.489 e. The second-order valence-corrected chi connectivity index (χ2v) is 5.38. The summed E-state index contributed by atoms with van der Waals surface area (Å²) in [6.07, 6.45) is 2.60. The Hall–Kier alpha value is -2.30. The van der Waals surface area contributed by atoms with Crippen LogP contribution in [0.1, 0.15) is 22.6 Å². The molecule has 1 unspecified atom stereocenters. The molecule has 0 bridgehead atoms. The van der Waals surface area contributed by atoms with Gasteiger partial charge in [0.15, 0.2) is 0 Å². The summed E-state index contributed by atoms with van der Waals surface area (Å²) in [7, 11) is 1.85. The van der Waals surface area contributed by atoms with Crippen molar-refractivity contribution in [3.05, 3.63) is 48.0 Å². The van der Waals surface area contributed by atoms with E-state index < -0.39 is 0 Å². The van der Waals surface area contributed by atoms with E-state index in [1.807, 2.05) is 49.2 Å². The van der Waals surface area contributed by atoms with Crippen molar-refractivity contribution in [2.75, 3.05) is 13.1 Å². The van der Waals surface area contributed by atoms with Crippen LogP contribution in [0.25, 0.3) is 0 Å². The molecule has 0 aliphatic carbocycles. The van der Waals surface area contributed by atoms with Gasteiger partial charge < -0.3 is 14.2 Å². The molecule has 21 heavy (non-hydrogen) atoms. The van der Waals surface area contributed by atoms with Crippen molar-refractivity contribution in [1.82, 2.24) is 14.5 Å². The highest BCUT2D eigenvalue weighted by Crippen LogP contribution is 2.20. The number of benzene rings is 1. The van der Waals surface area contributed by atoms with Crippen LogP contribution in [-0.4, -0.2) is 39.6 Å². The second-order valence-electron chi connectivity index (χ2n) is 5.38. The maximum atomic E-state index is 12.6. The van der Waals surface area contributed by atoms with E-state index in [4.69, 9.17) is 4.74 Å². The number of para-hydroxylation sites is 1. The average Bonchev–Trinajstić information content (AvgIpc) is 3.07. The fraction of sp³-hybridized carbons (Fsp3) is 0.375. The Morgan fingerprint density at radius 3 is 2.76 bits per heavy atom. The Kier molecular flexibility index (Phi) is 3.64. The zero-order valence-corrected chi connectivity index (χ0v) is 12.3. The molecule has 110 valence electrons. The third-order valence-corrected chi connectivity index (χ3v) is 3.80. The number of ether oxygens (including phenoxy) is 1. The number of hydrogen-bond acceptors (Lipinski definition) is 3. The molecule has 2 aromatic rings. The summed E-state index contributed by atoms with van der Waals surface area (Å²) < 4.78 is 7.70. The highest BCUT2D eigenvalue weighted by atomic mass is 16.5. The minimum atomic E-state index is 0.0339. The van der Waals surface area contributed by atoms with Crippen LogP contribution >= 0.6 is 0 Å². The van der Waals surface area contributed by atoms with E-state index >= 15 is 0 Å². The number of rotatable bonds is 3. The Morgan fingerprint density at radius 1 is 1.33 bits per heavy atom. The standard InChI is InChI=1S/C16H19N3O2/c1-12-15(18(2)11-17-12)16(20)19-9-8-14(10-19)21-13-6-4-3-5-7-13/h3-7,11,14H,8-10H2,1-2H3. The van der Waals surface area contributed by atoms with Crippen molar-refractivity contribution < 1.29 is 9.53 Å². The van der Waals surface area contributed by atoms with Gasteiger partial charge >= 0.3 is 0 Å². The van der Waals surface area contributed by atoms with E-state index in [1.54, 1.807) is 10.9 Å². The van der Waals surface area contributed by atoms with E-state index in [0.717, 1.165) is 24.4 Å². The summed E-state index contributed by atoms with van der Waals surface area (Å²) in [5.74, 6) is 0.889. The molecule has 0 radical (unpaired) electrons. The summed E-state index contributed by atoms with van der Waals surface area (Å²) in [5.41, 5.74) is 1.44. The first-order chi connectivity index (χ1) is 10.1. The number of likely N-dealkylation sites (tertiary alicyclic amines) is 1. The highest BCUT2D eigenvalue weighted by Gasteiger charge is 2.30. The number of amides is 1. The zero-order valence-electron chi connectivity index (χ0n) is 12.3. The molecule has 5 nitrogen and oxygen atoms in total. The first kappa shape index (κ1) is 13.7. The smallest absolute Gasteiger partial charge is 0.272 e. The first-order valence-corrected chi connectivity index (χ1v) is 7.14. The van der Waals surface area contributed by atoms with Crippen molar-refractivity contribution in [3.63, 3.8) is 0 Å². The molecular weight excluding hydrogens is 266 g/mol. The van der Waals surface area contributed by atoms with E-state index in [-0.39, 0.29) is 12.0 Å². The number of aromatic nitrogens is 2. The number of nitrogens with zero attached hydrogens (tertiary/aromatic N) is 3. The van der Waals surface area contributed by atoms with Crippen LogP contribution < -0.4 is 4.74 Å². The fourth-order valence-electron chi connectivity index (χ4n) is 2.70. The van der Waals surface area contributed by atoms with Gasteiger partial charge in [-0.2, -0.15) is 0 Å². The summed E-state index contributed by atoms with van der Waals surface area (Å²) in [4.78, 5) is 18.6. The van der Waals surface area contributed by atoms with Gasteiger partial charge in [-0.25, -0.2) is 4.98 Å². The molecule has 1 aliphatic rings. The van der Waals surface area contributed by atoms with Crippen LogP contribution in [0.15, 0.2) is 36.7 Å². The Balaban J connectivity index is 1.66. The van der Waals surface area contributed by atoms with Gasteiger partial charge in [-0.3, -0.25) is 4.79 Å². The summed E-state index contributed by atoms with van der Waals surface area (Å²) in [6, 6.07) is 9.74. The maximum Gasteiger partial charge on any atom is 0.272 e. The minimum absolute atomic E-state index is 0.0339. The third-order valence-electron chi connectivity index (χ3n) is 3.80. The minimum Gasteiger partial charge on any atom is -0.489 e. The van der Waals surface area contributed by atoms with E-state index in [9.17, 15) is 4.79 Å². The number of carbonyl (C=O) groups is 1. The van der Waals surface area contributed by atoms with Gasteiger partial charge in [-0.15, -0.1) is 0 Å². The average molecular weight is 285 g/mol. The summed E-state index contributed by atoms with van der Waals surface area (Å²) in [6.45, 7) is 3.21. The van der Waals surface area contributed by atoms with Crippen molar-refractivity contribution in [2.45, 2.75) is 19.4 Å². The SMILES string of the molecule is Cc1ncn(C)c1C(=O)N1CCC(Oc2ccccc2)C1. The van der Waals surface area contributed by atoms with E-state index in [2.05, 4.69) is 4.98 Å². The van der Waals surface area contributed by atoms with Crippen molar-refractivity contribution in [3.8, 4) is 5.75 Å². The molecule has 3 rings (SSSR count). The Labute approximate surface area is 124 Å². The van der Waals surface area contributed by atoms with E-state index in [1.165, 1.54) is 0 Å². The summed E-state index contributed by atoms with van der Waals surface area (Å²) >= 11 is 0. The molecule has 1 fully saturated rings. The van der Waals surface area contributed by atoms with Gasteiger partial charge in [0, 0.05) is 20.0 Å². The topological polar surface area (TPSA) is 47.4 Å². The molecular formula is C16H19N3O2. The van der Waals surface area contributed by atoms with Gasteiger partial charge in [0.05, 0.1) is 18.6 Å². The molecule has 0 N–H and O–H groups in total. The number of hydrogen-bond donors (Lipinski definition) is 0. The van der Waals surface area contributed by atoms with Gasteiger partial charge in [-0.05, 0) is 19.1 Å². The van der Waals surface area contributed by atoms with Crippen LogP contribution in [0.2, 0.25) is 0 Å². The molecule has 2 heterocycles. The lowest BCUT2D eigenvalue weighted by molar-refractivity contribution is 0.0762.